The molecule has 0 atom stereocenters. The van der Waals surface area contributed by atoms with Crippen LogP contribution in [-0.2, 0) is 13.2 Å². The molecule has 0 unspecified atom stereocenters. The molecule has 1 aliphatic carbocycles. The van der Waals surface area contributed by atoms with Gasteiger partial charge >= 0.3 is 0 Å². The van der Waals surface area contributed by atoms with Crippen molar-refractivity contribution in [3.05, 3.63) is 23.7 Å². The summed E-state index contributed by atoms with van der Waals surface area (Å²) in [6, 6.07) is 3.75. The van der Waals surface area contributed by atoms with Gasteiger partial charge in [0.25, 0.3) is 0 Å². The summed E-state index contributed by atoms with van der Waals surface area (Å²) in [5.41, 5.74) is 0. The van der Waals surface area contributed by atoms with Gasteiger partial charge in [0.1, 0.15) is 18.1 Å². The molecule has 0 saturated heterocycles. The molecule has 0 radical (unpaired) electrons. The molecule has 2 rings (SSSR count). The molecule has 2 N–H and O–H groups in total. The first-order valence-electron chi connectivity index (χ1n) is 6.27. The minimum Gasteiger partial charge on any atom is -0.462 e. The van der Waals surface area contributed by atoms with E-state index in [-0.39, 0.29) is 6.61 Å². The average molecular weight is 223 g/mol. The molecule has 1 fully saturated rings. The van der Waals surface area contributed by atoms with Crippen LogP contribution in [0.2, 0.25) is 0 Å². The van der Waals surface area contributed by atoms with Gasteiger partial charge in [0.15, 0.2) is 0 Å². The Balaban J connectivity index is 1.60. The Labute approximate surface area is 96.8 Å². The highest BCUT2D eigenvalue weighted by atomic mass is 16.4. The topological polar surface area (TPSA) is 45.4 Å². The lowest BCUT2D eigenvalue weighted by molar-refractivity contribution is 0.242. The SMILES string of the molecule is OCc1ccc(CNCCC2CCCC2)o1. The normalized spacial score (nSPS) is 17.1. The van der Waals surface area contributed by atoms with Crippen molar-refractivity contribution in [1.82, 2.24) is 5.32 Å². The number of nitrogens with one attached hydrogen (secondary N) is 1. The molecule has 1 aromatic heterocycles. The fourth-order valence-corrected chi connectivity index (χ4v) is 2.42. The lowest BCUT2D eigenvalue weighted by atomic mass is 10.0. The van der Waals surface area contributed by atoms with Crippen LogP contribution in [0.1, 0.15) is 43.6 Å². The van der Waals surface area contributed by atoms with Gasteiger partial charge in [0.2, 0.25) is 0 Å². The molecule has 0 aromatic carbocycles. The van der Waals surface area contributed by atoms with Crippen LogP contribution < -0.4 is 5.32 Å². The molecule has 90 valence electrons. The van der Waals surface area contributed by atoms with Gasteiger partial charge in [-0.2, -0.15) is 0 Å². The number of hydrogen-bond acceptors (Lipinski definition) is 3. The van der Waals surface area contributed by atoms with E-state index < -0.39 is 0 Å². The van der Waals surface area contributed by atoms with Crippen LogP contribution in [-0.4, -0.2) is 11.7 Å². The third-order valence-corrected chi connectivity index (χ3v) is 3.38. The zero-order valence-corrected chi connectivity index (χ0v) is 9.74. The van der Waals surface area contributed by atoms with Gasteiger partial charge in [-0.1, -0.05) is 25.7 Å². The molecular formula is C13H21NO2. The summed E-state index contributed by atoms with van der Waals surface area (Å²) in [6.07, 6.45) is 6.95. The summed E-state index contributed by atoms with van der Waals surface area (Å²) in [7, 11) is 0. The van der Waals surface area contributed by atoms with Gasteiger partial charge in [-0.05, 0) is 31.0 Å². The quantitative estimate of drug-likeness (QED) is 0.728. The molecule has 3 nitrogen and oxygen atoms in total. The van der Waals surface area contributed by atoms with Crippen LogP contribution in [0.5, 0.6) is 0 Å². The summed E-state index contributed by atoms with van der Waals surface area (Å²) >= 11 is 0. The maximum Gasteiger partial charge on any atom is 0.129 e. The second kappa shape index (κ2) is 6.06. The first kappa shape index (κ1) is 11.7. The largest absolute Gasteiger partial charge is 0.462 e. The number of rotatable bonds is 6. The zero-order valence-electron chi connectivity index (χ0n) is 9.74. The van der Waals surface area contributed by atoms with Crippen LogP contribution in [0, 0.1) is 5.92 Å². The third-order valence-electron chi connectivity index (χ3n) is 3.38. The van der Waals surface area contributed by atoms with Crippen molar-refractivity contribution in [2.45, 2.75) is 45.3 Å². The van der Waals surface area contributed by atoms with Crippen LogP contribution in [0.3, 0.4) is 0 Å². The summed E-state index contributed by atoms with van der Waals surface area (Å²) in [6.45, 7) is 1.83. The minimum atomic E-state index is -0.0118. The first-order valence-corrected chi connectivity index (χ1v) is 6.27. The third kappa shape index (κ3) is 3.35. The van der Waals surface area contributed by atoms with Gasteiger partial charge in [-0.25, -0.2) is 0 Å². The van der Waals surface area contributed by atoms with E-state index in [0.717, 1.165) is 24.8 Å². The first-order chi connectivity index (χ1) is 7.88. The Morgan fingerprint density at radius 2 is 2.00 bits per heavy atom. The Kier molecular flexibility index (Phi) is 4.43. The number of hydrogen-bond donors (Lipinski definition) is 2. The number of aliphatic hydroxyl groups excluding tert-OH is 1. The second-order valence-corrected chi connectivity index (χ2v) is 4.64. The van der Waals surface area contributed by atoms with Crippen molar-refractivity contribution in [1.29, 1.82) is 0 Å². The van der Waals surface area contributed by atoms with E-state index in [9.17, 15) is 0 Å². The number of aliphatic hydroxyl groups is 1. The van der Waals surface area contributed by atoms with Gasteiger partial charge in [0.05, 0.1) is 6.54 Å². The summed E-state index contributed by atoms with van der Waals surface area (Å²) < 4.78 is 5.39. The Morgan fingerprint density at radius 3 is 2.69 bits per heavy atom. The van der Waals surface area contributed by atoms with Crippen molar-refractivity contribution in [2.75, 3.05) is 6.54 Å². The predicted molar refractivity (Wildman–Crippen MR) is 62.9 cm³/mol. The maximum atomic E-state index is 8.85. The Hall–Kier alpha value is -0.800. The molecule has 0 amide bonds. The van der Waals surface area contributed by atoms with Crippen molar-refractivity contribution >= 4 is 0 Å². The average Bonchev–Trinajstić information content (AvgIpc) is 2.95. The Bertz CT molecular complexity index is 303. The molecule has 1 aliphatic rings. The molecule has 0 bridgehead atoms. The van der Waals surface area contributed by atoms with Crippen molar-refractivity contribution in [3.63, 3.8) is 0 Å². The zero-order chi connectivity index (χ0) is 11.2. The predicted octanol–water partition coefficient (Wildman–Crippen LogP) is 2.44. The highest BCUT2D eigenvalue weighted by Crippen LogP contribution is 2.26. The molecule has 1 heterocycles. The van der Waals surface area contributed by atoms with Crippen LogP contribution in [0.15, 0.2) is 16.5 Å². The highest BCUT2D eigenvalue weighted by Gasteiger charge is 2.13. The lowest BCUT2D eigenvalue weighted by Gasteiger charge is -2.08. The summed E-state index contributed by atoms with van der Waals surface area (Å²) in [5.74, 6) is 2.50. The fourth-order valence-electron chi connectivity index (χ4n) is 2.42. The standard InChI is InChI=1S/C13H21NO2/c15-10-13-6-5-12(16-13)9-14-8-7-11-3-1-2-4-11/h5-6,11,14-15H,1-4,7-10H2. The minimum absolute atomic E-state index is 0.0118. The van der Waals surface area contributed by atoms with Crippen molar-refractivity contribution < 1.29 is 9.52 Å². The summed E-state index contributed by atoms with van der Waals surface area (Å²) in [5, 5.41) is 12.2. The van der Waals surface area contributed by atoms with E-state index in [1.807, 2.05) is 12.1 Å². The Morgan fingerprint density at radius 1 is 1.25 bits per heavy atom. The maximum absolute atomic E-state index is 8.85. The molecule has 16 heavy (non-hydrogen) atoms. The van der Waals surface area contributed by atoms with E-state index >= 15 is 0 Å². The van der Waals surface area contributed by atoms with Crippen molar-refractivity contribution in [2.24, 2.45) is 5.92 Å². The van der Waals surface area contributed by atoms with Crippen LogP contribution >= 0.6 is 0 Å². The van der Waals surface area contributed by atoms with E-state index in [4.69, 9.17) is 9.52 Å². The van der Waals surface area contributed by atoms with Gasteiger partial charge in [-0.3, -0.25) is 0 Å². The van der Waals surface area contributed by atoms with E-state index in [1.165, 1.54) is 32.1 Å². The van der Waals surface area contributed by atoms with Crippen LogP contribution in [0.25, 0.3) is 0 Å². The molecule has 0 spiro atoms. The molecular weight excluding hydrogens is 202 g/mol. The smallest absolute Gasteiger partial charge is 0.129 e. The lowest BCUT2D eigenvalue weighted by Crippen LogP contribution is -2.16. The molecule has 1 saturated carbocycles. The van der Waals surface area contributed by atoms with E-state index in [1.54, 1.807) is 0 Å². The molecule has 3 heteroatoms. The molecule has 0 aliphatic heterocycles. The summed E-state index contributed by atoms with van der Waals surface area (Å²) in [4.78, 5) is 0. The molecule has 1 aromatic rings. The second-order valence-electron chi connectivity index (χ2n) is 4.64. The monoisotopic (exact) mass is 223 g/mol. The fraction of sp³-hybridized carbons (Fsp3) is 0.692. The van der Waals surface area contributed by atoms with Crippen LogP contribution in [0.4, 0.5) is 0 Å². The van der Waals surface area contributed by atoms with E-state index in [2.05, 4.69) is 5.32 Å². The van der Waals surface area contributed by atoms with Gasteiger partial charge in [-0.15, -0.1) is 0 Å². The number of furan rings is 1. The van der Waals surface area contributed by atoms with E-state index in [0.29, 0.717) is 5.76 Å². The van der Waals surface area contributed by atoms with Crippen molar-refractivity contribution in [3.8, 4) is 0 Å². The van der Waals surface area contributed by atoms with Gasteiger partial charge in [0, 0.05) is 0 Å². The van der Waals surface area contributed by atoms with Gasteiger partial charge < -0.3 is 14.8 Å². The highest BCUT2D eigenvalue weighted by molar-refractivity contribution is 5.05.